The third kappa shape index (κ3) is 2.52. The Morgan fingerprint density at radius 1 is 1.47 bits per heavy atom. The van der Waals surface area contributed by atoms with E-state index in [1.54, 1.807) is 19.1 Å². The van der Waals surface area contributed by atoms with E-state index >= 15 is 0 Å². The first-order valence-corrected chi connectivity index (χ1v) is 4.41. The topological polar surface area (TPSA) is 48.2 Å². The van der Waals surface area contributed by atoms with Gasteiger partial charge in [-0.3, -0.25) is 0 Å². The number of ether oxygens (including phenoxy) is 1. The monoisotopic (exact) mass is 208 g/mol. The van der Waals surface area contributed by atoms with Gasteiger partial charge in [0.1, 0.15) is 11.6 Å². The van der Waals surface area contributed by atoms with Crippen LogP contribution in [0.2, 0.25) is 0 Å². The fourth-order valence-corrected chi connectivity index (χ4v) is 1.10. The van der Waals surface area contributed by atoms with Crippen LogP contribution in [0.3, 0.4) is 0 Å². The molecule has 0 N–H and O–H groups in total. The molecule has 2 aromatic rings. The summed E-state index contributed by atoms with van der Waals surface area (Å²) >= 11 is 0. The summed E-state index contributed by atoms with van der Waals surface area (Å²) in [5.41, 5.74) is 0. The number of aryl methyl sites for hydroxylation is 1. The SMILES string of the molecule is Cc1noc(COc2cccc(F)c2)n1. The zero-order valence-corrected chi connectivity index (χ0v) is 8.11. The molecular formula is C10H9FN2O2. The number of halogens is 1. The maximum Gasteiger partial charge on any atom is 0.264 e. The van der Waals surface area contributed by atoms with Gasteiger partial charge in [0.25, 0.3) is 5.89 Å². The average molecular weight is 208 g/mol. The minimum atomic E-state index is -0.339. The molecule has 78 valence electrons. The second-order valence-electron chi connectivity index (χ2n) is 2.98. The average Bonchev–Trinajstić information content (AvgIpc) is 2.62. The zero-order valence-electron chi connectivity index (χ0n) is 8.11. The first kappa shape index (κ1) is 9.64. The third-order valence-corrected chi connectivity index (χ3v) is 1.73. The molecule has 4 nitrogen and oxygen atoms in total. The molecule has 5 heteroatoms. The summed E-state index contributed by atoms with van der Waals surface area (Å²) in [5, 5.41) is 3.61. The quantitative estimate of drug-likeness (QED) is 0.774. The molecule has 2 rings (SSSR count). The van der Waals surface area contributed by atoms with E-state index in [-0.39, 0.29) is 12.4 Å². The molecule has 0 bridgehead atoms. The Morgan fingerprint density at radius 3 is 3.00 bits per heavy atom. The van der Waals surface area contributed by atoms with Crippen LogP contribution >= 0.6 is 0 Å². The standard InChI is InChI=1S/C10H9FN2O2/c1-7-12-10(15-13-7)6-14-9-4-2-3-8(11)5-9/h2-5H,6H2,1H3. The molecule has 0 radical (unpaired) electrons. The van der Waals surface area contributed by atoms with E-state index in [0.717, 1.165) is 0 Å². The second-order valence-corrected chi connectivity index (χ2v) is 2.98. The molecule has 1 aromatic heterocycles. The number of nitrogens with zero attached hydrogens (tertiary/aromatic N) is 2. The van der Waals surface area contributed by atoms with Crippen LogP contribution in [0.1, 0.15) is 11.7 Å². The van der Waals surface area contributed by atoms with Gasteiger partial charge in [-0.2, -0.15) is 4.98 Å². The smallest absolute Gasteiger partial charge is 0.264 e. The normalized spacial score (nSPS) is 10.3. The predicted octanol–water partition coefficient (Wildman–Crippen LogP) is 2.10. The van der Waals surface area contributed by atoms with Gasteiger partial charge in [-0.25, -0.2) is 4.39 Å². The molecule has 15 heavy (non-hydrogen) atoms. The summed E-state index contributed by atoms with van der Waals surface area (Å²) in [4.78, 5) is 3.95. The lowest BCUT2D eigenvalue weighted by Crippen LogP contribution is -1.95. The molecule has 0 fully saturated rings. The molecule has 1 heterocycles. The summed E-state index contributed by atoms with van der Waals surface area (Å²) in [5.74, 6) is 1.02. The Balaban J connectivity index is 1.99. The van der Waals surface area contributed by atoms with Crippen molar-refractivity contribution in [2.24, 2.45) is 0 Å². The van der Waals surface area contributed by atoms with Crippen LogP contribution in [0, 0.1) is 12.7 Å². The van der Waals surface area contributed by atoms with E-state index in [2.05, 4.69) is 10.1 Å². The van der Waals surface area contributed by atoms with E-state index < -0.39 is 0 Å². The highest BCUT2D eigenvalue weighted by atomic mass is 19.1. The lowest BCUT2D eigenvalue weighted by atomic mass is 10.3. The molecule has 0 spiro atoms. The van der Waals surface area contributed by atoms with Crippen LogP contribution in [0.4, 0.5) is 4.39 Å². The summed E-state index contributed by atoms with van der Waals surface area (Å²) in [6, 6.07) is 5.88. The van der Waals surface area contributed by atoms with Crippen molar-refractivity contribution in [3.8, 4) is 5.75 Å². The number of aromatic nitrogens is 2. The molecule has 0 aliphatic carbocycles. The van der Waals surface area contributed by atoms with Gasteiger partial charge in [-0.15, -0.1) is 0 Å². The highest BCUT2D eigenvalue weighted by Crippen LogP contribution is 2.13. The summed E-state index contributed by atoms with van der Waals surface area (Å²) in [6.45, 7) is 1.86. The number of hydrogen-bond donors (Lipinski definition) is 0. The van der Waals surface area contributed by atoms with E-state index in [4.69, 9.17) is 9.26 Å². The molecule has 0 saturated carbocycles. The fourth-order valence-electron chi connectivity index (χ4n) is 1.10. The second kappa shape index (κ2) is 4.08. The van der Waals surface area contributed by atoms with E-state index in [9.17, 15) is 4.39 Å². The fraction of sp³-hybridized carbons (Fsp3) is 0.200. The number of rotatable bonds is 3. The minimum absolute atomic E-state index is 0.143. The maximum atomic E-state index is 12.8. The Morgan fingerprint density at radius 2 is 2.33 bits per heavy atom. The van der Waals surface area contributed by atoms with Gasteiger partial charge in [-0.05, 0) is 19.1 Å². The Labute approximate surface area is 85.7 Å². The van der Waals surface area contributed by atoms with Crippen molar-refractivity contribution in [3.63, 3.8) is 0 Å². The Hall–Kier alpha value is -1.91. The van der Waals surface area contributed by atoms with Crippen LogP contribution < -0.4 is 4.74 Å². The lowest BCUT2D eigenvalue weighted by Gasteiger charge is -2.01. The third-order valence-electron chi connectivity index (χ3n) is 1.73. The molecule has 1 aromatic carbocycles. The summed E-state index contributed by atoms with van der Waals surface area (Å²) in [6.07, 6.45) is 0. The maximum absolute atomic E-state index is 12.8. The lowest BCUT2D eigenvalue weighted by molar-refractivity contribution is 0.242. The van der Waals surface area contributed by atoms with Gasteiger partial charge in [0.2, 0.25) is 0 Å². The summed E-state index contributed by atoms with van der Waals surface area (Å²) in [7, 11) is 0. The first-order chi connectivity index (χ1) is 7.24. The van der Waals surface area contributed by atoms with Crippen molar-refractivity contribution >= 4 is 0 Å². The summed E-state index contributed by atoms with van der Waals surface area (Å²) < 4.78 is 22.9. The molecule has 0 atom stereocenters. The molecule has 0 saturated heterocycles. The minimum Gasteiger partial charge on any atom is -0.484 e. The van der Waals surface area contributed by atoms with Gasteiger partial charge in [0, 0.05) is 6.07 Å². The molecule has 0 aliphatic rings. The van der Waals surface area contributed by atoms with Crippen molar-refractivity contribution in [1.29, 1.82) is 0 Å². The van der Waals surface area contributed by atoms with Crippen LogP contribution in [-0.4, -0.2) is 10.1 Å². The Bertz CT molecular complexity index is 456. The van der Waals surface area contributed by atoms with E-state index in [1.165, 1.54) is 12.1 Å². The van der Waals surface area contributed by atoms with Gasteiger partial charge in [-0.1, -0.05) is 11.2 Å². The van der Waals surface area contributed by atoms with Crippen molar-refractivity contribution < 1.29 is 13.7 Å². The van der Waals surface area contributed by atoms with E-state index in [0.29, 0.717) is 17.5 Å². The molecule has 0 amide bonds. The van der Waals surface area contributed by atoms with Gasteiger partial charge in [0.05, 0.1) is 0 Å². The van der Waals surface area contributed by atoms with Gasteiger partial charge < -0.3 is 9.26 Å². The van der Waals surface area contributed by atoms with E-state index in [1.807, 2.05) is 0 Å². The highest BCUT2D eigenvalue weighted by Gasteiger charge is 2.03. The highest BCUT2D eigenvalue weighted by molar-refractivity contribution is 5.22. The van der Waals surface area contributed by atoms with Crippen LogP contribution in [-0.2, 0) is 6.61 Å². The van der Waals surface area contributed by atoms with Crippen LogP contribution in [0.15, 0.2) is 28.8 Å². The Kier molecular flexibility index (Phi) is 2.62. The number of benzene rings is 1. The predicted molar refractivity (Wildman–Crippen MR) is 49.8 cm³/mol. The van der Waals surface area contributed by atoms with Gasteiger partial charge in [0.15, 0.2) is 12.4 Å². The van der Waals surface area contributed by atoms with Gasteiger partial charge >= 0.3 is 0 Å². The first-order valence-electron chi connectivity index (χ1n) is 4.41. The van der Waals surface area contributed by atoms with Crippen molar-refractivity contribution in [3.05, 3.63) is 41.8 Å². The van der Waals surface area contributed by atoms with Crippen LogP contribution in [0.5, 0.6) is 5.75 Å². The zero-order chi connectivity index (χ0) is 10.7. The molecular weight excluding hydrogens is 199 g/mol. The number of hydrogen-bond acceptors (Lipinski definition) is 4. The largest absolute Gasteiger partial charge is 0.484 e. The van der Waals surface area contributed by atoms with Crippen LogP contribution in [0.25, 0.3) is 0 Å². The molecule has 0 aliphatic heterocycles. The van der Waals surface area contributed by atoms with Crippen molar-refractivity contribution in [2.75, 3.05) is 0 Å². The van der Waals surface area contributed by atoms with Crippen molar-refractivity contribution in [2.45, 2.75) is 13.5 Å². The van der Waals surface area contributed by atoms with Crippen molar-refractivity contribution in [1.82, 2.24) is 10.1 Å². The molecule has 0 unspecified atom stereocenters.